The number of amides is 1. The number of piperidine rings is 1. The Morgan fingerprint density at radius 2 is 1.97 bits per heavy atom. The fraction of sp³-hybridized carbons (Fsp3) is 0.500. The molecule has 174 valence electrons. The highest BCUT2D eigenvalue weighted by molar-refractivity contribution is 5.92. The third-order valence-corrected chi connectivity index (χ3v) is 5.60. The number of aromatic amines is 1. The van der Waals surface area contributed by atoms with Gasteiger partial charge in [-0.05, 0) is 31.4 Å². The van der Waals surface area contributed by atoms with Crippen molar-refractivity contribution in [3.8, 4) is 0 Å². The van der Waals surface area contributed by atoms with E-state index >= 15 is 0 Å². The number of ether oxygens (including phenoxy) is 3. The van der Waals surface area contributed by atoms with Gasteiger partial charge < -0.3 is 29.4 Å². The summed E-state index contributed by atoms with van der Waals surface area (Å²) in [5, 5.41) is 2.94. The van der Waals surface area contributed by atoms with Crippen LogP contribution in [0, 0.1) is 0 Å². The number of esters is 1. The van der Waals surface area contributed by atoms with E-state index in [0.29, 0.717) is 31.7 Å². The van der Waals surface area contributed by atoms with E-state index in [0.717, 1.165) is 29.9 Å². The van der Waals surface area contributed by atoms with Gasteiger partial charge >= 0.3 is 12.1 Å². The van der Waals surface area contributed by atoms with Crippen molar-refractivity contribution >= 4 is 17.9 Å². The van der Waals surface area contributed by atoms with E-state index in [1.54, 1.807) is 14.0 Å². The van der Waals surface area contributed by atoms with Crippen LogP contribution in [0.15, 0.2) is 36.4 Å². The number of methoxy groups -OCH3 is 1. The van der Waals surface area contributed by atoms with Gasteiger partial charge in [-0.15, -0.1) is 0 Å². The number of hydrogen-bond acceptors (Lipinski definition) is 6. The zero-order valence-electron chi connectivity index (χ0n) is 19.1. The Kier molecular flexibility index (Phi) is 8.56. The van der Waals surface area contributed by atoms with E-state index in [4.69, 9.17) is 14.2 Å². The van der Waals surface area contributed by atoms with Gasteiger partial charge in [0.05, 0.1) is 24.3 Å². The predicted molar refractivity (Wildman–Crippen MR) is 122 cm³/mol. The number of H-pyrrole nitrogens is 1. The van der Waals surface area contributed by atoms with Crippen LogP contribution in [0.4, 0.5) is 10.6 Å². The summed E-state index contributed by atoms with van der Waals surface area (Å²) in [7, 11) is 1.64. The third kappa shape index (κ3) is 6.03. The minimum Gasteiger partial charge on any atom is -0.462 e. The van der Waals surface area contributed by atoms with E-state index in [2.05, 4.69) is 22.1 Å². The SMILES string of the molecule is CCCc1[nH]c(N2CCC(NC(=O)OCc3ccccc3)C(OC)C2)cc1C(=O)OCC. The number of nitrogens with zero attached hydrogens (tertiary/aromatic N) is 1. The van der Waals surface area contributed by atoms with E-state index in [1.807, 2.05) is 36.4 Å². The largest absolute Gasteiger partial charge is 0.462 e. The van der Waals surface area contributed by atoms with Crippen molar-refractivity contribution < 1.29 is 23.8 Å². The number of nitrogens with one attached hydrogen (secondary N) is 2. The first-order valence-electron chi connectivity index (χ1n) is 11.2. The van der Waals surface area contributed by atoms with Crippen LogP contribution in [0.1, 0.15) is 48.3 Å². The second-order valence-corrected chi connectivity index (χ2v) is 7.84. The number of anilines is 1. The van der Waals surface area contributed by atoms with Crippen LogP contribution >= 0.6 is 0 Å². The fourth-order valence-electron chi connectivity index (χ4n) is 3.95. The van der Waals surface area contributed by atoms with Gasteiger partial charge in [0, 0.05) is 25.9 Å². The molecule has 2 aromatic rings. The number of aryl methyl sites for hydroxylation is 1. The van der Waals surface area contributed by atoms with E-state index in [1.165, 1.54) is 0 Å². The lowest BCUT2D eigenvalue weighted by Gasteiger charge is -2.38. The van der Waals surface area contributed by atoms with Crippen LogP contribution < -0.4 is 10.2 Å². The maximum absolute atomic E-state index is 12.3. The highest BCUT2D eigenvalue weighted by Crippen LogP contribution is 2.25. The zero-order chi connectivity index (χ0) is 22.9. The Bertz CT molecular complexity index is 883. The molecule has 32 heavy (non-hydrogen) atoms. The lowest BCUT2D eigenvalue weighted by Crippen LogP contribution is -2.55. The molecule has 3 rings (SSSR count). The van der Waals surface area contributed by atoms with Crippen molar-refractivity contribution in [1.82, 2.24) is 10.3 Å². The number of rotatable bonds is 9. The average molecular weight is 444 g/mol. The average Bonchev–Trinajstić information content (AvgIpc) is 3.23. The van der Waals surface area contributed by atoms with Crippen LogP contribution in [0.2, 0.25) is 0 Å². The number of benzene rings is 1. The molecule has 0 aliphatic carbocycles. The van der Waals surface area contributed by atoms with Gasteiger partial charge in [0.15, 0.2) is 0 Å². The number of carbonyl (C=O) groups excluding carboxylic acids is 2. The van der Waals surface area contributed by atoms with Crippen molar-refractivity contribution in [2.24, 2.45) is 0 Å². The van der Waals surface area contributed by atoms with Gasteiger partial charge in [0.1, 0.15) is 12.4 Å². The molecule has 2 N–H and O–H groups in total. The van der Waals surface area contributed by atoms with Crippen LogP contribution in [0.25, 0.3) is 0 Å². The van der Waals surface area contributed by atoms with Gasteiger partial charge in [-0.3, -0.25) is 0 Å². The fourth-order valence-corrected chi connectivity index (χ4v) is 3.95. The molecule has 1 amide bonds. The van der Waals surface area contributed by atoms with Crippen LogP contribution in [0.3, 0.4) is 0 Å². The van der Waals surface area contributed by atoms with Gasteiger partial charge in [0.25, 0.3) is 0 Å². The molecule has 0 bridgehead atoms. The Balaban J connectivity index is 1.60. The van der Waals surface area contributed by atoms with Crippen LogP contribution in [-0.2, 0) is 27.2 Å². The van der Waals surface area contributed by atoms with E-state index in [-0.39, 0.29) is 24.7 Å². The number of carbonyl (C=O) groups is 2. The molecule has 8 nitrogen and oxygen atoms in total. The summed E-state index contributed by atoms with van der Waals surface area (Å²) in [6, 6.07) is 11.3. The van der Waals surface area contributed by atoms with Gasteiger partial charge in [0.2, 0.25) is 0 Å². The summed E-state index contributed by atoms with van der Waals surface area (Å²) < 4.78 is 16.2. The summed E-state index contributed by atoms with van der Waals surface area (Å²) in [6.07, 6.45) is 1.72. The minimum absolute atomic E-state index is 0.158. The molecule has 2 atom stereocenters. The second-order valence-electron chi connectivity index (χ2n) is 7.84. The standard InChI is InChI=1S/C24H33N3O5/c1-4-9-19-18(23(28)31-5-2)14-22(25-19)27-13-12-20(21(15-27)30-3)26-24(29)32-16-17-10-7-6-8-11-17/h6-8,10-11,14,20-21,25H,4-5,9,12-13,15-16H2,1-3H3,(H,26,29). The molecule has 1 saturated heterocycles. The topological polar surface area (TPSA) is 92.9 Å². The number of alkyl carbamates (subject to hydrolysis) is 1. The Morgan fingerprint density at radius 1 is 1.19 bits per heavy atom. The van der Waals surface area contributed by atoms with Crippen molar-refractivity contribution in [3.05, 3.63) is 53.2 Å². The first-order chi connectivity index (χ1) is 15.5. The molecule has 8 heteroatoms. The Labute approximate surface area is 189 Å². The Morgan fingerprint density at radius 3 is 2.66 bits per heavy atom. The van der Waals surface area contributed by atoms with Gasteiger partial charge in [-0.25, -0.2) is 9.59 Å². The highest BCUT2D eigenvalue weighted by Gasteiger charge is 2.32. The number of aromatic nitrogens is 1. The number of hydrogen-bond donors (Lipinski definition) is 2. The maximum atomic E-state index is 12.3. The van der Waals surface area contributed by atoms with Gasteiger partial charge in [-0.2, -0.15) is 0 Å². The van der Waals surface area contributed by atoms with Crippen LogP contribution in [-0.4, -0.2) is 56.0 Å². The molecule has 2 unspecified atom stereocenters. The summed E-state index contributed by atoms with van der Waals surface area (Å²) >= 11 is 0. The molecular formula is C24H33N3O5. The molecule has 1 aliphatic rings. The molecule has 1 fully saturated rings. The molecule has 1 aliphatic heterocycles. The summed E-state index contributed by atoms with van der Waals surface area (Å²) in [5.41, 5.74) is 2.41. The minimum atomic E-state index is -0.455. The second kappa shape index (κ2) is 11.6. The molecule has 1 aromatic heterocycles. The lowest BCUT2D eigenvalue weighted by atomic mass is 10.0. The third-order valence-electron chi connectivity index (χ3n) is 5.60. The first-order valence-corrected chi connectivity index (χ1v) is 11.2. The van der Waals surface area contributed by atoms with E-state index < -0.39 is 6.09 Å². The first kappa shape index (κ1) is 23.7. The van der Waals surface area contributed by atoms with E-state index in [9.17, 15) is 9.59 Å². The molecule has 0 saturated carbocycles. The predicted octanol–water partition coefficient (Wildman–Crippen LogP) is 3.66. The molecule has 2 heterocycles. The zero-order valence-corrected chi connectivity index (χ0v) is 19.1. The quantitative estimate of drug-likeness (QED) is 0.575. The summed E-state index contributed by atoms with van der Waals surface area (Å²) in [4.78, 5) is 30.2. The monoisotopic (exact) mass is 443 g/mol. The normalized spacial score (nSPS) is 18.3. The summed E-state index contributed by atoms with van der Waals surface area (Å²) in [6.45, 7) is 5.73. The highest BCUT2D eigenvalue weighted by atomic mass is 16.5. The Hall–Kier alpha value is -3.00. The smallest absolute Gasteiger partial charge is 0.407 e. The summed E-state index contributed by atoms with van der Waals surface area (Å²) in [5.74, 6) is 0.558. The molecule has 0 spiro atoms. The molecule has 1 aromatic carbocycles. The van der Waals surface area contributed by atoms with Crippen molar-refractivity contribution in [3.63, 3.8) is 0 Å². The van der Waals surface area contributed by atoms with Crippen molar-refractivity contribution in [2.45, 2.75) is 51.9 Å². The van der Waals surface area contributed by atoms with Crippen LogP contribution in [0.5, 0.6) is 0 Å². The molecule has 0 radical (unpaired) electrons. The maximum Gasteiger partial charge on any atom is 0.407 e. The molecular weight excluding hydrogens is 410 g/mol. The van der Waals surface area contributed by atoms with Crippen molar-refractivity contribution in [1.29, 1.82) is 0 Å². The van der Waals surface area contributed by atoms with Gasteiger partial charge in [-0.1, -0.05) is 43.7 Å². The van der Waals surface area contributed by atoms with Crippen molar-refractivity contribution in [2.75, 3.05) is 31.7 Å². The lowest BCUT2D eigenvalue weighted by molar-refractivity contribution is 0.0524.